The SMILES string of the molecule is CCC(CC#N)NC1CCCN(C(=O)OC(C)(C)C)CC1. The van der Waals surface area contributed by atoms with Gasteiger partial charge >= 0.3 is 6.09 Å². The summed E-state index contributed by atoms with van der Waals surface area (Å²) in [6.45, 7) is 9.23. The monoisotopic (exact) mass is 295 g/mol. The molecule has 0 saturated carbocycles. The van der Waals surface area contributed by atoms with Crippen LogP contribution in [0.2, 0.25) is 0 Å². The Hall–Kier alpha value is -1.28. The van der Waals surface area contributed by atoms with Crippen molar-refractivity contribution in [1.82, 2.24) is 10.2 Å². The van der Waals surface area contributed by atoms with Crippen LogP contribution in [-0.4, -0.2) is 41.8 Å². The number of nitriles is 1. The first kappa shape index (κ1) is 17.8. The molecule has 1 rings (SSSR count). The minimum absolute atomic E-state index is 0.216. The molecule has 0 radical (unpaired) electrons. The molecular formula is C16H29N3O2. The topological polar surface area (TPSA) is 65.4 Å². The van der Waals surface area contributed by atoms with Crippen molar-refractivity contribution in [3.8, 4) is 6.07 Å². The van der Waals surface area contributed by atoms with Crippen LogP contribution < -0.4 is 5.32 Å². The van der Waals surface area contributed by atoms with Gasteiger partial charge in [-0.25, -0.2) is 4.79 Å². The molecule has 2 atom stereocenters. The first-order valence-electron chi connectivity index (χ1n) is 7.96. The molecular weight excluding hydrogens is 266 g/mol. The average molecular weight is 295 g/mol. The normalized spacial score (nSPS) is 21.3. The number of carbonyl (C=O) groups is 1. The highest BCUT2D eigenvalue weighted by Gasteiger charge is 2.25. The van der Waals surface area contributed by atoms with Crippen molar-refractivity contribution in [2.45, 2.75) is 77.5 Å². The molecule has 0 aromatic carbocycles. The van der Waals surface area contributed by atoms with E-state index in [0.717, 1.165) is 38.8 Å². The highest BCUT2D eigenvalue weighted by Crippen LogP contribution is 2.16. The van der Waals surface area contributed by atoms with Gasteiger partial charge in [0.1, 0.15) is 5.60 Å². The van der Waals surface area contributed by atoms with Gasteiger partial charge in [0, 0.05) is 25.2 Å². The summed E-state index contributed by atoms with van der Waals surface area (Å²) >= 11 is 0. The third kappa shape index (κ3) is 6.81. The smallest absolute Gasteiger partial charge is 0.410 e. The van der Waals surface area contributed by atoms with Crippen molar-refractivity contribution in [1.29, 1.82) is 5.26 Å². The number of carbonyl (C=O) groups excluding carboxylic acids is 1. The summed E-state index contributed by atoms with van der Waals surface area (Å²) in [5.74, 6) is 0. The van der Waals surface area contributed by atoms with E-state index in [1.165, 1.54) is 0 Å². The predicted octanol–water partition coefficient (Wildman–Crippen LogP) is 3.06. The standard InChI is InChI=1S/C16H29N3O2/c1-5-13(8-10-17)18-14-7-6-11-19(12-9-14)15(20)21-16(2,3)4/h13-14,18H,5-9,11-12H2,1-4H3. The van der Waals surface area contributed by atoms with Crippen LogP contribution in [0.25, 0.3) is 0 Å². The van der Waals surface area contributed by atoms with E-state index in [-0.39, 0.29) is 12.1 Å². The Morgan fingerprint density at radius 2 is 2.14 bits per heavy atom. The first-order valence-corrected chi connectivity index (χ1v) is 7.96. The number of likely N-dealkylation sites (tertiary alicyclic amines) is 1. The summed E-state index contributed by atoms with van der Waals surface area (Å²) in [6, 6.07) is 2.87. The van der Waals surface area contributed by atoms with Gasteiger partial charge in [-0.05, 0) is 46.5 Å². The molecule has 1 aliphatic heterocycles. The van der Waals surface area contributed by atoms with E-state index < -0.39 is 5.60 Å². The van der Waals surface area contributed by atoms with E-state index >= 15 is 0 Å². The molecule has 1 N–H and O–H groups in total. The van der Waals surface area contributed by atoms with Crippen molar-refractivity contribution in [3.63, 3.8) is 0 Å². The molecule has 1 amide bonds. The molecule has 120 valence electrons. The van der Waals surface area contributed by atoms with E-state index in [1.54, 1.807) is 4.90 Å². The Bertz CT molecular complexity index is 371. The summed E-state index contributed by atoms with van der Waals surface area (Å²) in [7, 11) is 0. The third-order valence-corrected chi connectivity index (χ3v) is 3.68. The van der Waals surface area contributed by atoms with Crippen molar-refractivity contribution in [3.05, 3.63) is 0 Å². The zero-order valence-corrected chi connectivity index (χ0v) is 13.8. The Balaban J connectivity index is 2.46. The van der Waals surface area contributed by atoms with Crippen molar-refractivity contribution in [2.24, 2.45) is 0 Å². The third-order valence-electron chi connectivity index (χ3n) is 3.68. The van der Waals surface area contributed by atoms with Crippen LogP contribution in [0.3, 0.4) is 0 Å². The fraction of sp³-hybridized carbons (Fsp3) is 0.875. The number of hydrogen-bond acceptors (Lipinski definition) is 4. The molecule has 5 heteroatoms. The minimum Gasteiger partial charge on any atom is -0.444 e. The Morgan fingerprint density at radius 1 is 1.43 bits per heavy atom. The Morgan fingerprint density at radius 3 is 2.71 bits per heavy atom. The molecule has 1 aliphatic rings. The second kappa shape index (κ2) is 8.23. The van der Waals surface area contributed by atoms with E-state index in [9.17, 15) is 4.79 Å². The second-order valence-electron chi connectivity index (χ2n) is 6.73. The lowest BCUT2D eigenvalue weighted by Crippen LogP contribution is -2.40. The maximum absolute atomic E-state index is 12.1. The average Bonchev–Trinajstić information content (AvgIpc) is 2.62. The summed E-state index contributed by atoms with van der Waals surface area (Å²) in [4.78, 5) is 13.9. The molecule has 1 fully saturated rings. The van der Waals surface area contributed by atoms with Gasteiger partial charge in [0.15, 0.2) is 0 Å². The number of ether oxygens (including phenoxy) is 1. The molecule has 0 aromatic rings. The van der Waals surface area contributed by atoms with Crippen LogP contribution in [0, 0.1) is 11.3 Å². The second-order valence-corrected chi connectivity index (χ2v) is 6.73. The van der Waals surface area contributed by atoms with E-state index in [2.05, 4.69) is 18.3 Å². The summed E-state index contributed by atoms with van der Waals surface area (Å²) in [5.41, 5.74) is -0.443. The summed E-state index contributed by atoms with van der Waals surface area (Å²) < 4.78 is 5.43. The molecule has 0 bridgehead atoms. The highest BCUT2D eigenvalue weighted by atomic mass is 16.6. The van der Waals surface area contributed by atoms with Crippen LogP contribution in [0.1, 0.15) is 59.8 Å². The quantitative estimate of drug-likeness (QED) is 0.865. The van der Waals surface area contributed by atoms with Gasteiger partial charge < -0.3 is 15.0 Å². The number of nitrogens with zero attached hydrogens (tertiary/aromatic N) is 2. The molecule has 21 heavy (non-hydrogen) atoms. The van der Waals surface area contributed by atoms with Crippen LogP contribution in [0.4, 0.5) is 4.79 Å². The highest BCUT2D eigenvalue weighted by molar-refractivity contribution is 5.68. The lowest BCUT2D eigenvalue weighted by molar-refractivity contribution is 0.0256. The first-order chi connectivity index (χ1) is 9.85. The van der Waals surface area contributed by atoms with E-state index in [1.807, 2.05) is 20.8 Å². The summed E-state index contributed by atoms with van der Waals surface area (Å²) in [6.07, 6.45) is 4.22. The molecule has 1 heterocycles. The maximum atomic E-state index is 12.1. The molecule has 0 aromatic heterocycles. The van der Waals surface area contributed by atoms with Crippen molar-refractivity contribution < 1.29 is 9.53 Å². The van der Waals surface area contributed by atoms with Crippen LogP contribution >= 0.6 is 0 Å². The summed E-state index contributed by atoms with van der Waals surface area (Å²) in [5, 5.41) is 12.4. The maximum Gasteiger partial charge on any atom is 0.410 e. The van der Waals surface area contributed by atoms with Gasteiger partial charge in [0.2, 0.25) is 0 Å². The van der Waals surface area contributed by atoms with Crippen LogP contribution in [0.15, 0.2) is 0 Å². The van der Waals surface area contributed by atoms with Gasteiger partial charge in [-0.3, -0.25) is 0 Å². The van der Waals surface area contributed by atoms with Crippen molar-refractivity contribution >= 4 is 6.09 Å². The van der Waals surface area contributed by atoms with Gasteiger partial charge in [0.05, 0.1) is 12.5 Å². The van der Waals surface area contributed by atoms with Gasteiger partial charge in [-0.1, -0.05) is 6.92 Å². The van der Waals surface area contributed by atoms with Crippen molar-refractivity contribution in [2.75, 3.05) is 13.1 Å². The Labute approximate surface area is 128 Å². The van der Waals surface area contributed by atoms with Crippen LogP contribution in [0.5, 0.6) is 0 Å². The molecule has 2 unspecified atom stereocenters. The van der Waals surface area contributed by atoms with E-state index in [4.69, 9.17) is 10.00 Å². The minimum atomic E-state index is -0.443. The number of rotatable bonds is 4. The van der Waals surface area contributed by atoms with Gasteiger partial charge in [0.25, 0.3) is 0 Å². The largest absolute Gasteiger partial charge is 0.444 e. The molecule has 0 aliphatic carbocycles. The molecule has 5 nitrogen and oxygen atoms in total. The van der Waals surface area contributed by atoms with E-state index in [0.29, 0.717) is 12.5 Å². The fourth-order valence-electron chi connectivity index (χ4n) is 2.54. The lowest BCUT2D eigenvalue weighted by atomic mass is 10.1. The zero-order valence-electron chi connectivity index (χ0n) is 13.8. The lowest BCUT2D eigenvalue weighted by Gasteiger charge is -2.26. The molecule has 0 spiro atoms. The zero-order chi connectivity index (χ0) is 15.9. The van der Waals surface area contributed by atoms with Gasteiger partial charge in [-0.15, -0.1) is 0 Å². The fourth-order valence-corrected chi connectivity index (χ4v) is 2.54. The molecule has 1 saturated heterocycles. The number of amides is 1. The predicted molar refractivity (Wildman–Crippen MR) is 82.9 cm³/mol. The number of hydrogen-bond donors (Lipinski definition) is 1. The van der Waals surface area contributed by atoms with Crippen LogP contribution in [-0.2, 0) is 4.74 Å². The Kier molecular flexibility index (Phi) is 6.97. The number of nitrogens with one attached hydrogen (secondary N) is 1. The van der Waals surface area contributed by atoms with Gasteiger partial charge in [-0.2, -0.15) is 5.26 Å².